The third-order valence-corrected chi connectivity index (χ3v) is 4.30. The van der Waals surface area contributed by atoms with E-state index in [0.29, 0.717) is 30.2 Å². The number of nitrogens with zero attached hydrogens (tertiary/aromatic N) is 2. The molecule has 0 saturated carbocycles. The minimum absolute atomic E-state index is 0.00125. The number of nitrogens with one attached hydrogen (secondary N) is 1. The zero-order valence-corrected chi connectivity index (χ0v) is 11.9. The van der Waals surface area contributed by atoms with Gasteiger partial charge in [0.15, 0.2) is 0 Å². The molecule has 1 N–H and O–H groups in total. The second kappa shape index (κ2) is 6.65. The first kappa shape index (κ1) is 14.0. The third kappa shape index (κ3) is 3.76. The lowest BCUT2D eigenvalue weighted by molar-refractivity contribution is 0.0771. The van der Waals surface area contributed by atoms with Crippen LogP contribution in [-0.4, -0.2) is 51.1 Å². The molecule has 0 bridgehead atoms. The predicted octanol–water partition coefficient (Wildman–Crippen LogP) is 1.11. The number of hydrogen-bond acceptors (Lipinski definition) is 4. The van der Waals surface area contributed by atoms with Crippen molar-refractivity contribution < 1.29 is 9.00 Å². The SMILES string of the molecule is CCCNc1cc(C(=O)N2CCS(=O)CC2)ccn1. The van der Waals surface area contributed by atoms with Crippen LogP contribution in [0, 0.1) is 0 Å². The van der Waals surface area contributed by atoms with E-state index in [-0.39, 0.29) is 5.91 Å². The summed E-state index contributed by atoms with van der Waals surface area (Å²) in [5, 5.41) is 3.17. The Bertz CT molecular complexity index is 469. The van der Waals surface area contributed by atoms with Crippen LogP contribution < -0.4 is 5.32 Å². The minimum atomic E-state index is -0.761. The number of rotatable bonds is 4. The van der Waals surface area contributed by atoms with Crippen molar-refractivity contribution in [1.82, 2.24) is 9.88 Å². The largest absolute Gasteiger partial charge is 0.370 e. The van der Waals surface area contributed by atoms with Gasteiger partial charge in [0, 0.05) is 53.7 Å². The van der Waals surface area contributed by atoms with Crippen molar-refractivity contribution in [3.63, 3.8) is 0 Å². The molecule has 0 aromatic carbocycles. The van der Waals surface area contributed by atoms with Crippen LogP contribution in [0.5, 0.6) is 0 Å². The average Bonchev–Trinajstić information content (AvgIpc) is 2.45. The molecular weight excluding hydrogens is 262 g/mol. The maximum Gasteiger partial charge on any atom is 0.254 e. The second-order valence-electron chi connectivity index (χ2n) is 4.50. The number of carbonyl (C=O) groups excluding carboxylic acids is 1. The van der Waals surface area contributed by atoms with Crippen LogP contribution in [0.4, 0.5) is 5.82 Å². The molecule has 1 saturated heterocycles. The Kier molecular flexibility index (Phi) is 4.90. The molecule has 1 aliphatic rings. The number of pyridine rings is 1. The van der Waals surface area contributed by atoms with Crippen molar-refractivity contribution in [2.75, 3.05) is 36.5 Å². The molecular formula is C13H19N3O2S. The molecule has 1 aromatic rings. The van der Waals surface area contributed by atoms with Gasteiger partial charge in [-0.2, -0.15) is 0 Å². The molecule has 19 heavy (non-hydrogen) atoms. The van der Waals surface area contributed by atoms with Gasteiger partial charge in [-0.3, -0.25) is 9.00 Å². The Morgan fingerprint density at radius 1 is 1.47 bits per heavy atom. The first-order valence-electron chi connectivity index (χ1n) is 6.55. The van der Waals surface area contributed by atoms with Crippen LogP contribution in [0.3, 0.4) is 0 Å². The highest BCUT2D eigenvalue weighted by Crippen LogP contribution is 2.11. The van der Waals surface area contributed by atoms with Crippen LogP contribution in [0.1, 0.15) is 23.7 Å². The van der Waals surface area contributed by atoms with Crippen molar-refractivity contribution in [2.24, 2.45) is 0 Å². The van der Waals surface area contributed by atoms with Gasteiger partial charge in [0.05, 0.1) is 0 Å². The third-order valence-electron chi connectivity index (χ3n) is 3.03. The van der Waals surface area contributed by atoms with Gasteiger partial charge in [-0.15, -0.1) is 0 Å². The Morgan fingerprint density at radius 3 is 2.89 bits per heavy atom. The van der Waals surface area contributed by atoms with Gasteiger partial charge in [-0.25, -0.2) is 4.98 Å². The van der Waals surface area contributed by atoms with E-state index in [4.69, 9.17) is 0 Å². The molecule has 6 heteroatoms. The summed E-state index contributed by atoms with van der Waals surface area (Å²) in [4.78, 5) is 18.3. The minimum Gasteiger partial charge on any atom is -0.370 e. The van der Waals surface area contributed by atoms with Gasteiger partial charge in [-0.1, -0.05) is 6.92 Å². The Hall–Kier alpha value is -1.43. The first-order valence-corrected chi connectivity index (χ1v) is 8.03. The van der Waals surface area contributed by atoms with E-state index in [1.54, 1.807) is 23.2 Å². The van der Waals surface area contributed by atoms with Gasteiger partial charge in [0.1, 0.15) is 5.82 Å². The summed E-state index contributed by atoms with van der Waals surface area (Å²) in [5.41, 5.74) is 0.640. The summed E-state index contributed by atoms with van der Waals surface area (Å²) < 4.78 is 11.3. The van der Waals surface area contributed by atoms with E-state index < -0.39 is 10.8 Å². The fourth-order valence-corrected chi connectivity index (χ4v) is 2.99. The van der Waals surface area contributed by atoms with Crippen molar-refractivity contribution >= 4 is 22.5 Å². The highest BCUT2D eigenvalue weighted by molar-refractivity contribution is 7.85. The molecule has 1 aromatic heterocycles. The highest BCUT2D eigenvalue weighted by atomic mass is 32.2. The lowest BCUT2D eigenvalue weighted by Crippen LogP contribution is -2.41. The van der Waals surface area contributed by atoms with Crippen molar-refractivity contribution in [3.8, 4) is 0 Å². The fourth-order valence-electron chi connectivity index (χ4n) is 1.94. The van der Waals surface area contributed by atoms with Gasteiger partial charge < -0.3 is 10.2 Å². The van der Waals surface area contributed by atoms with Crippen LogP contribution in [0.15, 0.2) is 18.3 Å². The zero-order valence-electron chi connectivity index (χ0n) is 11.1. The molecule has 0 spiro atoms. The smallest absolute Gasteiger partial charge is 0.254 e. The predicted molar refractivity (Wildman–Crippen MR) is 76.8 cm³/mol. The average molecular weight is 281 g/mol. The molecule has 5 nitrogen and oxygen atoms in total. The van der Waals surface area contributed by atoms with E-state index in [1.165, 1.54) is 0 Å². The standard InChI is InChI=1S/C13H19N3O2S/c1-2-4-14-12-10-11(3-5-15-12)13(17)16-6-8-19(18)9-7-16/h3,5,10H,2,4,6-9H2,1H3,(H,14,15). The van der Waals surface area contributed by atoms with Gasteiger partial charge in [0.2, 0.25) is 0 Å². The molecule has 2 rings (SSSR count). The Morgan fingerprint density at radius 2 is 2.21 bits per heavy atom. The van der Waals surface area contributed by atoms with Gasteiger partial charge in [0.25, 0.3) is 5.91 Å². The molecule has 2 heterocycles. The molecule has 1 amide bonds. The van der Waals surface area contributed by atoms with E-state index >= 15 is 0 Å². The zero-order chi connectivity index (χ0) is 13.7. The van der Waals surface area contributed by atoms with Crippen LogP contribution >= 0.6 is 0 Å². The van der Waals surface area contributed by atoms with E-state index in [2.05, 4.69) is 17.2 Å². The van der Waals surface area contributed by atoms with E-state index in [0.717, 1.165) is 18.8 Å². The number of anilines is 1. The number of aromatic nitrogens is 1. The topological polar surface area (TPSA) is 62.3 Å². The molecule has 0 radical (unpaired) electrons. The summed E-state index contributed by atoms with van der Waals surface area (Å²) in [6.07, 6.45) is 2.66. The molecule has 1 fully saturated rings. The van der Waals surface area contributed by atoms with Gasteiger partial charge in [-0.05, 0) is 18.6 Å². The highest BCUT2D eigenvalue weighted by Gasteiger charge is 2.21. The Balaban J connectivity index is 2.04. The number of amides is 1. The quantitative estimate of drug-likeness (QED) is 0.898. The molecule has 0 unspecified atom stereocenters. The summed E-state index contributed by atoms with van der Waals surface area (Å²) >= 11 is 0. The fraction of sp³-hybridized carbons (Fsp3) is 0.538. The van der Waals surface area contributed by atoms with Crippen molar-refractivity contribution in [2.45, 2.75) is 13.3 Å². The first-order chi connectivity index (χ1) is 9.20. The van der Waals surface area contributed by atoms with Crippen molar-refractivity contribution in [1.29, 1.82) is 0 Å². The lowest BCUT2D eigenvalue weighted by Gasteiger charge is -2.26. The van der Waals surface area contributed by atoms with E-state index in [9.17, 15) is 9.00 Å². The molecule has 1 aliphatic heterocycles. The summed E-state index contributed by atoms with van der Waals surface area (Å²) in [5.74, 6) is 1.89. The van der Waals surface area contributed by atoms with Crippen LogP contribution in [0.25, 0.3) is 0 Å². The molecule has 104 valence electrons. The maximum atomic E-state index is 12.3. The van der Waals surface area contributed by atoms with Crippen LogP contribution in [-0.2, 0) is 10.8 Å². The number of carbonyl (C=O) groups is 1. The molecule has 0 aliphatic carbocycles. The lowest BCUT2D eigenvalue weighted by atomic mass is 10.2. The summed E-state index contributed by atoms with van der Waals surface area (Å²) in [6, 6.07) is 3.51. The van der Waals surface area contributed by atoms with Crippen molar-refractivity contribution in [3.05, 3.63) is 23.9 Å². The van der Waals surface area contributed by atoms with Gasteiger partial charge >= 0.3 is 0 Å². The maximum absolute atomic E-state index is 12.3. The summed E-state index contributed by atoms with van der Waals surface area (Å²) in [6.45, 7) is 4.07. The molecule has 0 atom stereocenters. The Labute approximate surface area is 115 Å². The normalized spacial score (nSPS) is 16.4. The summed E-state index contributed by atoms with van der Waals surface area (Å²) in [7, 11) is -0.761. The number of hydrogen-bond donors (Lipinski definition) is 1. The van der Waals surface area contributed by atoms with E-state index in [1.807, 2.05) is 0 Å². The second-order valence-corrected chi connectivity index (χ2v) is 6.19. The van der Waals surface area contributed by atoms with Crippen LogP contribution in [0.2, 0.25) is 0 Å². The monoisotopic (exact) mass is 281 g/mol.